The molecule has 0 aliphatic carbocycles. The minimum Gasteiger partial charge on any atom is -0.480 e. The summed E-state index contributed by atoms with van der Waals surface area (Å²) >= 11 is 0. The quantitative estimate of drug-likeness (QED) is 0.597. The second-order valence-corrected chi connectivity index (χ2v) is 2.49. The summed E-state index contributed by atoms with van der Waals surface area (Å²) in [5.41, 5.74) is 0.591. The predicted octanol–water partition coefficient (Wildman–Crippen LogP) is 0.0745. The molecule has 0 spiro atoms. The van der Waals surface area contributed by atoms with Crippen molar-refractivity contribution in [2.24, 2.45) is 0 Å². The van der Waals surface area contributed by atoms with Crippen molar-refractivity contribution in [1.82, 2.24) is 15.3 Å². The number of nitrogens with zero attached hydrogens (tertiary/aromatic N) is 1. The maximum Gasteiger partial charge on any atom is 0.321 e. The van der Waals surface area contributed by atoms with Crippen LogP contribution < -0.4 is 5.32 Å². The number of rotatable bonds is 5. The van der Waals surface area contributed by atoms with Gasteiger partial charge in [-0.05, 0) is 0 Å². The van der Waals surface area contributed by atoms with Crippen LogP contribution in [0.4, 0.5) is 9.09 Å². The first kappa shape index (κ1) is 12.5. The Morgan fingerprint density at radius 2 is 2.50 bits per heavy atom. The average Bonchev–Trinajstić information content (AvgIpc) is 2.56. The van der Waals surface area contributed by atoms with Crippen LogP contribution >= 0.6 is 0 Å². The summed E-state index contributed by atoms with van der Waals surface area (Å²) in [6.07, 6.45) is 3.20. The van der Waals surface area contributed by atoms with E-state index in [1.807, 2.05) is 0 Å². The molecule has 0 saturated heterocycles. The number of alkyl halides is 1. The molecule has 1 aromatic heterocycles. The Bertz CT molecular complexity index is 266. The molecule has 14 heavy (non-hydrogen) atoms. The first-order valence-electron chi connectivity index (χ1n) is 3.74. The van der Waals surface area contributed by atoms with E-state index < -0.39 is 18.8 Å². The van der Waals surface area contributed by atoms with Crippen molar-refractivity contribution in [3.8, 4) is 0 Å². The predicted molar refractivity (Wildman–Crippen MR) is 45.3 cm³/mol. The third kappa shape index (κ3) is 3.48. The summed E-state index contributed by atoms with van der Waals surface area (Å²) in [7, 11) is 0. The van der Waals surface area contributed by atoms with Crippen molar-refractivity contribution in [2.75, 3.05) is 6.80 Å². The van der Waals surface area contributed by atoms with Gasteiger partial charge in [0.05, 0.1) is 12.0 Å². The summed E-state index contributed by atoms with van der Waals surface area (Å²) in [4.78, 5) is 17.1. The number of aromatic nitrogens is 2. The lowest BCUT2D eigenvalue weighted by molar-refractivity contribution is -0.139. The third-order valence-corrected chi connectivity index (χ3v) is 1.59. The normalized spacial score (nSPS) is 11.8. The molecule has 1 rings (SSSR count). The van der Waals surface area contributed by atoms with E-state index >= 15 is 0 Å². The van der Waals surface area contributed by atoms with Crippen LogP contribution in [0.15, 0.2) is 12.5 Å². The van der Waals surface area contributed by atoms with Gasteiger partial charge in [-0.25, -0.2) is 9.37 Å². The number of nitrogens with one attached hydrogen (secondary N) is 2. The maximum absolute atomic E-state index is 11.8. The highest BCUT2D eigenvalue weighted by Gasteiger charge is 2.17. The fraction of sp³-hybridized carbons (Fsp3) is 0.429. The van der Waals surface area contributed by atoms with Gasteiger partial charge >= 0.3 is 5.97 Å². The molecular formula is C7H11F2N3O2. The van der Waals surface area contributed by atoms with E-state index in [-0.39, 0.29) is 11.1 Å². The Kier molecular flexibility index (Phi) is 5.38. The highest BCUT2D eigenvalue weighted by atomic mass is 19.1. The molecule has 0 fully saturated rings. The number of carboxylic acids is 1. The molecule has 3 N–H and O–H groups in total. The van der Waals surface area contributed by atoms with Gasteiger partial charge in [0.15, 0.2) is 0 Å². The van der Waals surface area contributed by atoms with E-state index in [1.54, 1.807) is 6.20 Å². The molecule has 0 bridgehead atoms. The number of aliphatic carboxylic acids is 1. The zero-order valence-corrected chi connectivity index (χ0v) is 7.24. The van der Waals surface area contributed by atoms with Gasteiger partial charge in [-0.2, -0.15) is 0 Å². The lowest BCUT2D eigenvalue weighted by Crippen LogP contribution is -2.38. The molecular weight excluding hydrogens is 196 g/mol. The van der Waals surface area contributed by atoms with Crippen LogP contribution in [0.3, 0.4) is 0 Å². The summed E-state index contributed by atoms with van der Waals surface area (Å²) in [5.74, 6) is -1.08. The SMILES string of the molecule is F.O=C(O)C(Cc1c[nH]cn1)NCF. The van der Waals surface area contributed by atoms with Gasteiger partial charge in [0.25, 0.3) is 0 Å². The van der Waals surface area contributed by atoms with E-state index in [9.17, 15) is 9.18 Å². The fourth-order valence-corrected chi connectivity index (χ4v) is 0.952. The lowest BCUT2D eigenvalue weighted by Gasteiger charge is -2.09. The molecule has 0 amide bonds. The number of hydrogen-bond donors (Lipinski definition) is 3. The summed E-state index contributed by atoms with van der Waals surface area (Å²) in [6, 6.07) is -0.923. The number of carboxylic acid groups (broad SMARTS) is 1. The van der Waals surface area contributed by atoms with E-state index in [4.69, 9.17) is 5.11 Å². The monoisotopic (exact) mass is 207 g/mol. The van der Waals surface area contributed by atoms with Crippen molar-refractivity contribution in [1.29, 1.82) is 0 Å². The zero-order valence-electron chi connectivity index (χ0n) is 7.24. The first-order valence-corrected chi connectivity index (χ1v) is 3.74. The highest BCUT2D eigenvalue weighted by Crippen LogP contribution is 1.98. The molecule has 7 heteroatoms. The van der Waals surface area contributed by atoms with Crippen LogP contribution in [-0.2, 0) is 11.2 Å². The van der Waals surface area contributed by atoms with E-state index in [2.05, 4.69) is 15.3 Å². The van der Waals surface area contributed by atoms with Crippen molar-refractivity contribution < 1.29 is 19.0 Å². The minimum atomic E-state index is -1.08. The van der Waals surface area contributed by atoms with Crippen LogP contribution in [0, 0.1) is 0 Å². The van der Waals surface area contributed by atoms with Crippen molar-refractivity contribution in [3.63, 3.8) is 0 Å². The van der Waals surface area contributed by atoms with Gasteiger partial charge in [0, 0.05) is 12.6 Å². The van der Waals surface area contributed by atoms with Gasteiger partial charge in [-0.15, -0.1) is 0 Å². The molecule has 5 nitrogen and oxygen atoms in total. The molecule has 0 aliphatic heterocycles. The van der Waals surface area contributed by atoms with Crippen LogP contribution in [-0.4, -0.2) is 33.9 Å². The van der Waals surface area contributed by atoms with Crippen LogP contribution in [0.2, 0.25) is 0 Å². The van der Waals surface area contributed by atoms with Gasteiger partial charge in [-0.3, -0.25) is 14.8 Å². The molecule has 80 valence electrons. The largest absolute Gasteiger partial charge is 0.480 e. The topological polar surface area (TPSA) is 78.0 Å². The van der Waals surface area contributed by atoms with Gasteiger partial charge < -0.3 is 10.1 Å². The Balaban J connectivity index is 0.00000169. The molecule has 0 saturated carbocycles. The summed E-state index contributed by atoms with van der Waals surface area (Å²) < 4.78 is 11.8. The molecule has 0 aliphatic rings. The van der Waals surface area contributed by atoms with Crippen LogP contribution in [0.1, 0.15) is 5.69 Å². The molecule has 1 aromatic rings. The van der Waals surface area contributed by atoms with Crippen LogP contribution in [0.25, 0.3) is 0 Å². The molecule has 0 radical (unpaired) electrons. The van der Waals surface area contributed by atoms with Crippen molar-refractivity contribution in [2.45, 2.75) is 12.5 Å². The number of imidazole rings is 1. The second-order valence-electron chi connectivity index (χ2n) is 2.49. The smallest absolute Gasteiger partial charge is 0.321 e. The number of carbonyl (C=O) groups is 1. The number of aromatic amines is 1. The highest BCUT2D eigenvalue weighted by molar-refractivity contribution is 5.73. The van der Waals surface area contributed by atoms with E-state index in [1.165, 1.54) is 6.33 Å². The standard InChI is InChI=1S/C7H10FN3O2.FH/c8-3-10-6(7(12)13)1-5-2-9-4-11-5;/h2,4,6,10H,1,3H2,(H,9,11)(H,12,13);1H. The lowest BCUT2D eigenvalue weighted by atomic mass is 10.2. The molecule has 1 heterocycles. The summed E-state index contributed by atoms with van der Waals surface area (Å²) in [6.45, 7) is -0.860. The second kappa shape index (κ2) is 6.03. The Labute approximate surface area is 78.7 Å². The maximum atomic E-state index is 11.8. The Morgan fingerprint density at radius 3 is 2.93 bits per heavy atom. The van der Waals surface area contributed by atoms with Gasteiger partial charge in [-0.1, -0.05) is 0 Å². The average molecular weight is 207 g/mol. The minimum absolute atomic E-state index is 0. The molecule has 0 aromatic carbocycles. The zero-order chi connectivity index (χ0) is 9.68. The Hall–Kier alpha value is -1.50. The Morgan fingerprint density at radius 1 is 1.79 bits per heavy atom. The van der Waals surface area contributed by atoms with Gasteiger partial charge in [0.1, 0.15) is 12.8 Å². The fourth-order valence-electron chi connectivity index (χ4n) is 0.952. The van der Waals surface area contributed by atoms with Crippen LogP contribution in [0.5, 0.6) is 0 Å². The number of halogens is 2. The van der Waals surface area contributed by atoms with E-state index in [0.717, 1.165) is 0 Å². The van der Waals surface area contributed by atoms with E-state index in [0.29, 0.717) is 5.69 Å². The van der Waals surface area contributed by atoms with Gasteiger partial charge in [0.2, 0.25) is 0 Å². The van der Waals surface area contributed by atoms with Crippen molar-refractivity contribution in [3.05, 3.63) is 18.2 Å². The number of hydrogen-bond acceptors (Lipinski definition) is 3. The van der Waals surface area contributed by atoms with Crippen molar-refractivity contribution >= 4 is 5.97 Å². The molecule has 1 atom stereocenters. The third-order valence-electron chi connectivity index (χ3n) is 1.59. The molecule has 1 unspecified atom stereocenters. The number of H-pyrrole nitrogens is 1. The first-order chi connectivity index (χ1) is 6.24. The summed E-state index contributed by atoms with van der Waals surface area (Å²) in [5, 5.41) is 10.8.